The van der Waals surface area contributed by atoms with E-state index in [1.807, 2.05) is 12.2 Å². The monoisotopic (exact) mass is 1120 g/mol. The van der Waals surface area contributed by atoms with Gasteiger partial charge in [0.2, 0.25) is 5.91 Å². The Morgan fingerprint density at radius 3 is 1.38 bits per heavy atom. The van der Waals surface area contributed by atoms with E-state index in [1.54, 1.807) is 6.08 Å². The second kappa shape index (κ2) is 55.6. The normalized spacial score (nSPS) is 19.6. The van der Waals surface area contributed by atoms with Gasteiger partial charge >= 0.3 is 5.97 Å². The first-order chi connectivity index (χ1) is 39.2. The van der Waals surface area contributed by atoms with Gasteiger partial charge in [-0.25, -0.2) is 0 Å². The SMILES string of the molecule is CC/C=C\C/C=C\C/C=C\C/C=C\C/C=C\C/C=C\CCCC(O)C(=O)NC(COC1OC(CO)C(O)C(O)C1OC(=O)CCCCCCCC/C=C\C/C=C\C/C=C\CCCCC)C(O)/C=C/CCCCCCCCCCCC. The van der Waals surface area contributed by atoms with Crippen molar-refractivity contribution in [3.05, 3.63) is 122 Å². The van der Waals surface area contributed by atoms with Crippen LogP contribution in [0.5, 0.6) is 0 Å². The Morgan fingerprint density at radius 1 is 0.500 bits per heavy atom. The van der Waals surface area contributed by atoms with Crippen LogP contribution in [0, 0.1) is 0 Å². The van der Waals surface area contributed by atoms with Crippen LogP contribution in [0.2, 0.25) is 0 Å². The van der Waals surface area contributed by atoms with Crippen LogP contribution in [0.1, 0.15) is 239 Å². The molecule has 1 aliphatic heterocycles. The van der Waals surface area contributed by atoms with Crippen molar-refractivity contribution in [3.8, 4) is 0 Å². The Balaban J connectivity index is 2.72. The van der Waals surface area contributed by atoms with Gasteiger partial charge in [0.05, 0.1) is 25.4 Å². The van der Waals surface area contributed by atoms with Crippen molar-refractivity contribution in [3.63, 3.8) is 0 Å². The number of rotatable bonds is 52. The lowest BCUT2D eigenvalue weighted by Gasteiger charge is -2.41. The summed E-state index contributed by atoms with van der Waals surface area (Å²) in [6.45, 7) is 5.60. The molecule has 456 valence electrons. The van der Waals surface area contributed by atoms with Crippen molar-refractivity contribution in [1.29, 1.82) is 0 Å². The second-order valence-corrected chi connectivity index (χ2v) is 21.4. The number of aliphatic hydroxyl groups excluding tert-OH is 5. The molecule has 1 aliphatic rings. The molecule has 0 aromatic heterocycles. The number of esters is 1. The molecule has 80 heavy (non-hydrogen) atoms. The van der Waals surface area contributed by atoms with E-state index in [1.165, 1.54) is 70.6 Å². The van der Waals surface area contributed by atoms with Gasteiger partial charge in [-0.15, -0.1) is 0 Å². The van der Waals surface area contributed by atoms with Crippen LogP contribution in [0.4, 0.5) is 0 Å². The molecule has 0 bridgehead atoms. The fraction of sp³-hybridized carbons (Fsp3) is 0.681. The second-order valence-electron chi connectivity index (χ2n) is 21.4. The van der Waals surface area contributed by atoms with Gasteiger partial charge in [0.1, 0.15) is 24.4 Å². The van der Waals surface area contributed by atoms with Crippen LogP contribution in [0.15, 0.2) is 122 Å². The van der Waals surface area contributed by atoms with Crippen LogP contribution >= 0.6 is 0 Å². The molecule has 0 aliphatic carbocycles. The number of carbonyl (C=O) groups excluding carboxylic acids is 2. The molecule has 8 atom stereocenters. The van der Waals surface area contributed by atoms with Crippen LogP contribution < -0.4 is 5.32 Å². The summed E-state index contributed by atoms with van der Waals surface area (Å²) in [5.74, 6) is -1.26. The summed E-state index contributed by atoms with van der Waals surface area (Å²) in [6, 6.07) is -1.06. The first-order valence-electron chi connectivity index (χ1n) is 31.8. The van der Waals surface area contributed by atoms with Gasteiger partial charge in [-0.1, -0.05) is 239 Å². The third kappa shape index (κ3) is 42.8. The number of ether oxygens (including phenoxy) is 3. The molecule has 1 saturated heterocycles. The van der Waals surface area contributed by atoms with Gasteiger partial charge < -0.3 is 45.1 Å². The topological polar surface area (TPSA) is 175 Å². The van der Waals surface area contributed by atoms with Crippen molar-refractivity contribution >= 4 is 11.9 Å². The molecule has 0 spiro atoms. The third-order valence-electron chi connectivity index (χ3n) is 14.1. The first kappa shape index (κ1) is 74.1. The molecular weight excluding hydrogens is 1000 g/mol. The molecule has 0 radical (unpaired) electrons. The van der Waals surface area contributed by atoms with E-state index in [9.17, 15) is 35.1 Å². The maximum Gasteiger partial charge on any atom is 0.306 e. The number of carbonyl (C=O) groups is 2. The van der Waals surface area contributed by atoms with Gasteiger partial charge in [-0.3, -0.25) is 9.59 Å². The van der Waals surface area contributed by atoms with Crippen molar-refractivity contribution in [2.45, 2.75) is 288 Å². The highest BCUT2D eigenvalue weighted by Crippen LogP contribution is 2.26. The van der Waals surface area contributed by atoms with Crippen LogP contribution in [0.3, 0.4) is 0 Å². The number of amides is 1. The lowest BCUT2D eigenvalue weighted by atomic mass is 9.99. The summed E-state index contributed by atoms with van der Waals surface area (Å²) in [6.07, 6.45) is 66.6. The van der Waals surface area contributed by atoms with E-state index < -0.39 is 67.4 Å². The van der Waals surface area contributed by atoms with E-state index in [0.717, 1.165) is 116 Å². The molecule has 0 aromatic rings. The van der Waals surface area contributed by atoms with E-state index in [-0.39, 0.29) is 19.4 Å². The highest BCUT2D eigenvalue weighted by atomic mass is 16.7. The minimum atomic E-state index is -1.64. The fourth-order valence-corrected chi connectivity index (χ4v) is 9.08. The number of unbranched alkanes of at least 4 members (excludes halogenated alkanes) is 20. The van der Waals surface area contributed by atoms with Crippen molar-refractivity contribution in [2.75, 3.05) is 13.2 Å². The number of hydrogen-bond donors (Lipinski definition) is 6. The summed E-state index contributed by atoms with van der Waals surface area (Å²) in [5.41, 5.74) is 0. The van der Waals surface area contributed by atoms with E-state index in [2.05, 4.69) is 129 Å². The first-order valence-corrected chi connectivity index (χ1v) is 31.8. The van der Waals surface area contributed by atoms with Gasteiger partial charge in [0.25, 0.3) is 0 Å². The molecule has 6 N–H and O–H groups in total. The molecule has 8 unspecified atom stereocenters. The fourth-order valence-electron chi connectivity index (χ4n) is 9.08. The van der Waals surface area contributed by atoms with Gasteiger partial charge in [0.15, 0.2) is 12.4 Å². The Morgan fingerprint density at radius 2 is 0.900 bits per heavy atom. The zero-order valence-electron chi connectivity index (χ0n) is 50.4. The number of nitrogens with one attached hydrogen (secondary N) is 1. The Bertz CT molecular complexity index is 1760. The molecule has 11 heteroatoms. The zero-order valence-corrected chi connectivity index (χ0v) is 50.4. The number of hydrogen-bond acceptors (Lipinski definition) is 10. The molecule has 1 fully saturated rings. The van der Waals surface area contributed by atoms with E-state index >= 15 is 0 Å². The summed E-state index contributed by atoms with van der Waals surface area (Å²) in [4.78, 5) is 26.6. The minimum absolute atomic E-state index is 0.0968. The number of allylic oxidation sites excluding steroid dienone is 19. The molecular formula is C69H115NO10. The van der Waals surface area contributed by atoms with Crippen molar-refractivity contribution in [1.82, 2.24) is 5.32 Å². The summed E-state index contributed by atoms with van der Waals surface area (Å²) >= 11 is 0. The van der Waals surface area contributed by atoms with E-state index in [0.29, 0.717) is 19.3 Å². The molecule has 0 saturated carbocycles. The largest absolute Gasteiger partial charge is 0.454 e. The average Bonchev–Trinajstić information content (AvgIpc) is 3.45. The van der Waals surface area contributed by atoms with Gasteiger partial charge in [-0.2, -0.15) is 0 Å². The molecule has 11 nitrogen and oxygen atoms in total. The predicted molar refractivity (Wildman–Crippen MR) is 333 cm³/mol. The quantitative estimate of drug-likeness (QED) is 0.0195. The van der Waals surface area contributed by atoms with Gasteiger partial charge in [0, 0.05) is 6.42 Å². The maximum atomic E-state index is 13.4. The van der Waals surface area contributed by atoms with Crippen LogP contribution in [-0.2, 0) is 23.8 Å². The molecule has 1 amide bonds. The number of aliphatic hydroxyl groups is 5. The average molecular weight is 1120 g/mol. The highest BCUT2D eigenvalue weighted by Gasteiger charge is 2.47. The molecule has 1 rings (SSSR count). The lowest BCUT2D eigenvalue weighted by molar-refractivity contribution is -0.305. The standard InChI is InChI=1S/C69H115NO10/c1-4-7-10-13-16-19-22-25-27-29-31-33-34-36-38-41-44-47-50-53-56-62(73)68(77)70-60(61(72)55-52-49-46-43-40-24-21-18-15-12-9-6-3)59-78-69-67(66(76)65(75)63(58-71)79-69)80-64(74)57-54-51-48-45-42-39-37-35-32-30-28-26-23-20-17-14-11-8-5-2/h7,10,16-17,19-20,25-28,31-33,35-36,38,44,47,52,55,60-63,65-67,69,71-73,75-76H,4-6,8-9,11-15,18,21-24,29-30,34,37,39-43,45-46,48-51,53-54,56-59H2,1-3H3,(H,70,77)/b10-7-,19-16-,20-17-,27-25-,28-26-,33-31-,35-32-,38-36-,47-44-,55-52+. The summed E-state index contributed by atoms with van der Waals surface area (Å²) in [7, 11) is 0. The lowest BCUT2D eigenvalue weighted by Crippen LogP contribution is -2.61. The maximum absolute atomic E-state index is 13.4. The summed E-state index contributed by atoms with van der Waals surface area (Å²) < 4.78 is 17.6. The predicted octanol–water partition coefficient (Wildman–Crippen LogP) is 15.4. The van der Waals surface area contributed by atoms with Crippen LogP contribution in [0.25, 0.3) is 0 Å². The Hall–Kier alpha value is -3.94. The Labute approximate surface area is 487 Å². The zero-order chi connectivity index (χ0) is 58.2. The third-order valence-corrected chi connectivity index (χ3v) is 14.1. The van der Waals surface area contributed by atoms with E-state index in [4.69, 9.17) is 14.2 Å². The van der Waals surface area contributed by atoms with Crippen molar-refractivity contribution in [2.24, 2.45) is 0 Å². The van der Waals surface area contributed by atoms with Crippen molar-refractivity contribution < 1.29 is 49.3 Å². The Kier molecular flexibility index (Phi) is 51.5. The highest BCUT2D eigenvalue weighted by molar-refractivity contribution is 5.80. The smallest absolute Gasteiger partial charge is 0.306 e. The van der Waals surface area contributed by atoms with Gasteiger partial charge in [-0.05, 0) is 116 Å². The molecule has 1 heterocycles. The summed E-state index contributed by atoms with van der Waals surface area (Å²) in [5, 5.41) is 57.0. The van der Waals surface area contributed by atoms with Crippen LogP contribution in [-0.4, -0.2) is 99.6 Å². The minimum Gasteiger partial charge on any atom is -0.454 e. The molecule has 0 aromatic carbocycles.